The van der Waals surface area contributed by atoms with E-state index in [9.17, 15) is 8.42 Å². The smallest absolute Gasteiger partial charge is 0.258 e. The molecule has 1 aliphatic carbocycles. The molecular formula is C24H25NO2S. The number of sulfonamides is 1. The molecule has 0 saturated carbocycles. The molecule has 0 fully saturated rings. The molecule has 2 aliphatic heterocycles. The summed E-state index contributed by atoms with van der Waals surface area (Å²) < 4.78 is 28.7. The van der Waals surface area contributed by atoms with Crippen LogP contribution < -0.4 is 0 Å². The molecule has 0 saturated heterocycles. The van der Waals surface area contributed by atoms with Crippen LogP contribution in [0.1, 0.15) is 50.3 Å². The van der Waals surface area contributed by atoms with Crippen LogP contribution in [0.5, 0.6) is 0 Å². The van der Waals surface area contributed by atoms with Gasteiger partial charge in [-0.15, -0.1) is 0 Å². The predicted molar refractivity (Wildman–Crippen MR) is 113 cm³/mol. The zero-order chi connectivity index (χ0) is 19.7. The summed E-state index contributed by atoms with van der Waals surface area (Å²) in [6.07, 6.45) is 6.20. The Hall–Kier alpha value is -2.33. The van der Waals surface area contributed by atoms with Crippen LogP contribution in [0.15, 0.2) is 65.6 Å². The van der Waals surface area contributed by atoms with Crippen LogP contribution in [-0.4, -0.2) is 18.8 Å². The molecule has 4 heteroatoms. The maximum Gasteiger partial charge on any atom is 0.265 e. The number of hydrogen-bond acceptors (Lipinski definition) is 2. The van der Waals surface area contributed by atoms with Crippen molar-refractivity contribution in [3.05, 3.63) is 77.4 Å². The number of fused-ring (bicyclic) bond motifs is 5. The summed E-state index contributed by atoms with van der Waals surface area (Å²) >= 11 is 0. The Morgan fingerprint density at radius 3 is 2.50 bits per heavy atom. The zero-order valence-electron chi connectivity index (χ0n) is 16.5. The number of nitrogens with zero attached hydrogens (tertiary/aromatic N) is 1. The molecule has 0 spiro atoms. The Labute approximate surface area is 167 Å². The van der Waals surface area contributed by atoms with E-state index < -0.39 is 10.0 Å². The highest BCUT2D eigenvalue weighted by Crippen LogP contribution is 2.55. The van der Waals surface area contributed by atoms with Gasteiger partial charge < -0.3 is 0 Å². The van der Waals surface area contributed by atoms with Crippen LogP contribution in [-0.2, 0) is 15.4 Å². The number of benzene rings is 2. The topological polar surface area (TPSA) is 37.4 Å². The molecule has 0 bridgehead atoms. The summed E-state index contributed by atoms with van der Waals surface area (Å²) in [4.78, 5) is 0.446. The van der Waals surface area contributed by atoms with E-state index in [2.05, 4.69) is 51.1 Å². The average Bonchev–Trinajstić information content (AvgIpc) is 3.13. The predicted octanol–water partition coefficient (Wildman–Crippen LogP) is 5.21. The van der Waals surface area contributed by atoms with Crippen molar-refractivity contribution >= 4 is 21.3 Å². The summed E-state index contributed by atoms with van der Waals surface area (Å²) in [5.74, 6) is 0.212. The first kappa shape index (κ1) is 17.7. The van der Waals surface area contributed by atoms with E-state index in [1.54, 1.807) is 10.4 Å². The van der Waals surface area contributed by atoms with Gasteiger partial charge in [-0.2, -0.15) is 0 Å². The monoisotopic (exact) mass is 391 g/mol. The molecule has 2 aromatic rings. The lowest BCUT2D eigenvalue weighted by atomic mass is 9.82. The van der Waals surface area contributed by atoms with Gasteiger partial charge in [-0.25, -0.2) is 8.42 Å². The molecule has 0 amide bonds. The highest BCUT2D eigenvalue weighted by atomic mass is 32.2. The van der Waals surface area contributed by atoms with E-state index in [4.69, 9.17) is 0 Å². The first-order valence-electron chi connectivity index (χ1n) is 9.96. The van der Waals surface area contributed by atoms with Crippen molar-refractivity contribution < 1.29 is 8.42 Å². The van der Waals surface area contributed by atoms with Gasteiger partial charge in [-0.05, 0) is 47.1 Å². The van der Waals surface area contributed by atoms with Gasteiger partial charge in [0.25, 0.3) is 10.0 Å². The van der Waals surface area contributed by atoms with Crippen LogP contribution >= 0.6 is 0 Å². The third kappa shape index (κ3) is 2.37. The summed E-state index contributed by atoms with van der Waals surface area (Å²) in [6, 6.07) is 16.1. The highest BCUT2D eigenvalue weighted by molar-refractivity contribution is 7.90. The Morgan fingerprint density at radius 1 is 1.04 bits per heavy atom. The SMILES string of the molecule is CC(C)(C)c1ccc2c(c1)C1=C(c3ccccc3)[C@@H]3CCC=C[C@@H]3N1S2(=O)=O. The van der Waals surface area contributed by atoms with Gasteiger partial charge in [0.1, 0.15) is 0 Å². The molecule has 5 rings (SSSR count). The molecule has 0 radical (unpaired) electrons. The first-order chi connectivity index (χ1) is 13.3. The molecule has 2 atom stereocenters. The number of rotatable bonds is 1. The lowest BCUT2D eigenvalue weighted by Crippen LogP contribution is -2.35. The molecule has 144 valence electrons. The lowest BCUT2D eigenvalue weighted by Gasteiger charge is -2.28. The van der Waals surface area contributed by atoms with E-state index in [1.807, 2.05) is 24.3 Å². The fraction of sp³-hybridized carbons (Fsp3) is 0.333. The van der Waals surface area contributed by atoms with Gasteiger partial charge in [0, 0.05) is 11.5 Å². The summed E-state index contributed by atoms with van der Waals surface area (Å²) in [6.45, 7) is 6.50. The standard InChI is InChI=1S/C24H25NO2S/c1-24(2,3)17-13-14-21-19(15-17)23-22(16-9-5-4-6-10-16)18-11-7-8-12-20(18)25(23)28(21,26)27/h4-6,8-10,12-15,18,20H,7,11H2,1-3H3/t18-,20+/m1/s1. The van der Waals surface area contributed by atoms with Crippen molar-refractivity contribution in [1.29, 1.82) is 0 Å². The van der Waals surface area contributed by atoms with E-state index in [-0.39, 0.29) is 17.4 Å². The Morgan fingerprint density at radius 2 is 1.79 bits per heavy atom. The molecule has 28 heavy (non-hydrogen) atoms. The van der Waals surface area contributed by atoms with Gasteiger partial charge in [-0.3, -0.25) is 4.31 Å². The molecule has 2 heterocycles. The van der Waals surface area contributed by atoms with Crippen LogP contribution in [0.4, 0.5) is 0 Å². The van der Waals surface area contributed by atoms with Gasteiger partial charge in [0.2, 0.25) is 0 Å². The summed E-state index contributed by atoms with van der Waals surface area (Å²) in [7, 11) is -3.53. The molecule has 2 aromatic carbocycles. The molecule has 3 aliphatic rings. The minimum Gasteiger partial charge on any atom is -0.258 e. The first-order valence-corrected chi connectivity index (χ1v) is 11.4. The van der Waals surface area contributed by atoms with Crippen molar-refractivity contribution in [3.63, 3.8) is 0 Å². The second-order valence-corrected chi connectivity index (χ2v) is 10.8. The Bertz CT molecular complexity index is 1120. The van der Waals surface area contributed by atoms with Crippen molar-refractivity contribution in [1.82, 2.24) is 4.31 Å². The van der Waals surface area contributed by atoms with Crippen LogP contribution in [0.3, 0.4) is 0 Å². The Kier molecular flexibility index (Phi) is 3.70. The maximum absolute atomic E-state index is 13.5. The quantitative estimate of drug-likeness (QED) is 0.626. The molecule has 0 aromatic heterocycles. The average molecular weight is 392 g/mol. The molecule has 3 nitrogen and oxygen atoms in total. The van der Waals surface area contributed by atoms with Crippen LogP contribution in [0.25, 0.3) is 11.3 Å². The van der Waals surface area contributed by atoms with Crippen LogP contribution in [0.2, 0.25) is 0 Å². The normalized spacial score (nSPS) is 24.9. The van der Waals surface area contributed by atoms with E-state index in [0.29, 0.717) is 4.90 Å². The number of hydrogen-bond donors (Lipinski definition) is 0. The van der Waals surface area contributed by atoms with Crippen molar-refractivity contribution in [2.45, 2.75) is 50.0 Å². The fourth-order valence-corrected chi connectivity index (χ4v) is 6.70. The van der Waals surface area contributed by atoms with Crippen LogP contribution in [0, 0.1) is 5.92 Å². The zero-order valence-corrected chi connectivity index (χ0v) is 17.3. The van der Waals surface area contributed by atoms with Crippen molar-refractivity contribution in [2.24, 2.45) is 5.92 Å². The molecule has 0 N–H and O–H groups in total. The van der Waals surface area contributed by atoms with E-state index in [1.165, 1.54) is 5.57 Å². The van der Waals surface area contributed by atoms with Gasteiger partial charge in [-0.1, -0.05) is 69.3 Å². The van der Waals surface area contributed by atoms with Crippen molar-refractivity contribution in [2.75, 3.05) is 0 Å². The Balaban J connectivity index is 1.84. The lowest BCUT2D eigenvalue weighted by molar-refractivity contribution is 0.405. The second kappa shape index (κ2) is 5.84. The third-order valence-electron chi connectivity index (χ3n) is 6.23. The van der Waals surface area contributed by atoms with Gasteiger partial charge in [0.05, 0.1) is 16.6 Å². The summed E-state index contributed by atoms with van der Waals surface area (Å²) in [5, 5.41) is 0. The van der Waals surface area contributed by atoms with Gasteiger partial charge in [0.15, 0.2) is 0 Å². The maximum atomic E-state index is 13.5. The summed E-state index contributed by atoms with van der Waals surface area (Å²) in [5.41, 5.74) is 5.21. The largest absolute Gasteiger partial charge is 0.265 e. The van der Waals surface area contributed by atoms with Gasteiger partial charge >= 0.3 is 0 Å². The van der Waals surface area contributed by atoms with Crippen molar-refractivity contribution in [3.8, 4) is 0 Å². The minimum atomic E-state index is -3.53. The fourth-order valence-electron chi connectivity index (χ4n) is 4.84. The third-order valence-corrected chi connectivity index (χ3v) is 8.09. The van der Waals surface area contributed by atoms with E-state index >= 15 is 0 Å². The second-order valence-electron chi connectivity index (χ2n) is 8.99. The minimum absolute atomic E-state index is 0.0368. The molecular weight excluding hydrogens is 366 g/mol. The van der Waals surface area contributed by atoms with E-state index in [0.717, 1.165) is 35.2 Å². The highest BCUT2D eigenvalue weighted by Gasteiger charge is 2.52. The number of allylic oxidation sites excluding steroid dienone is 1. The molecule has 0 unspecified atom stereocenters.